The van der Waals surface area contributed by atoms with E-state index < -0.39 is 5.82 Å². The lowest BCUT2D eigenvalue weighted by Gasteiger charge is -2.18. The zero-order valence-corrected chi connectivity index (χ0v) is 10.8. The molecular weight excluding hydrogens is 243 g/mol. The van der Waals surface area contributed by atoms with Crippen LogP contribution in [0.3, 0.4) is 0 Å². The monoisotopic (exact) mass is 260 g/mol. The standard InChI is InChI=1S/C14H17FN4/c1-2-11-13(15)14(18-9-17-11)19-12(8-16)10-6-4-3-5-7-10/h3-7,9,12H,2,8,16H2,1H3,(H,17,18,19). The van der Waals surface area contributed by atoms with Gasteiger partial charge >= 0.3 is 0 Å². The van der Waals surface area contributed by atoms with Crippen molar-refractivity contribution in [1.29, 1.82) is 0 Å². The molecule has 19 heavy (non-hydrogen) atoms. The van der Waals surface area contributed by atoms with E-state index in [2.05, 4.69) is 15.3 Å². The minimum Gasteiger partial charge on any atom is -0.359 e. The number of anilines is 1. The number of hydrogen-bond acceptors (Lipinski definition) is 4. The third kappa shape index (κ3) is 3.06. The molecule has 0 amide bonds. The summed E-state index contributed by atoms with van der Waals surface area (Å²) in [5.74, 6) is -0.203. The number of benzene rings is 1. The molecule has 2 aromatic rings. The Kier molecular flexibility index (Phi) is 4.41. The molecule has 0 aliphatic carbocycles. The maximum absolute atomic E-state index is 14.1. The van der Waals surface area contributed by atoms with Crippen molar-refractivity contribution in [2.24, 2.45) is 5.73 Å². The molecule has 0 aliphatic heterocycles. The molecule has 100 valence electrons. The van der Waals surface area contributed by atoms with E-state index in [4.69, 9.17) is 5.73 Å². The lowest BCUT2D eigenvalue weighted by atomic mass is 10.1. The maximum atomic E-state index is 14.1. The number of nitrogens with two attached hydrogens (primary N) is 1. The molecular formula is C14H17FN4. The second kappa shape index (κ2) is 6.24. The molecule has 5 heteroatoms. The van der Waals surface area contributed by atoms with E-state index in [1.165, 1.54) is 6.33 Å². The van der Waals surface area contributed by atoms with Gasteiger partial charge in [0.05, 0.1) is 11.7 Å². The van der Waals surface area contributed by atoms with Gasteiger partial charge in [0.2, 0.25) is 0 Å². The molecule has 1 unspecified atom stereocenters. The predicted molar refractivity (Wildman–Crippen MR) is 73.2 cm³/mol. The van der Waals surface area contributed by atoms with Crippen molar-refractivity contribution in [3.8, 4) is 0 Å². The van der Waals surface area contributed by atoms with Gasteiger partial charge in [-0.15, -0.1) is 0 Å². The highest BCUT2D eigenvalue weighted by molar-refractivity contribution is 5.41. The van der Waals surface area contributed by atoms with Gasteiger partial charge in [-0.1, -0.05) is 37.3 Å². The molecule has 1 aromatic heterocycles. The van der Waals surface area contributed by atoms with Gasteiger partial charge in [0.25, 0.3) is 0 Å². The molecule has 0 spiro atoms. The van der Waals surface area contributed by atoms with E-state index in [9.17, 15) is 4.39 Å². The quantitative estimate of drug-likeness (QED) is 0.865. The smallest absolute Gasteiger partial charge is 0.186 e. The molecule has 0 aliphatic rings. The van der Waals surface area contributed by atoms with Gasteiger partial charge in [-0.25, -0.2) is 14.4 Å². The Labute approximate surface area is 111 Å². The van der Waals surface area contributed by atoms with E-state index in [0.29, 0.717) is 18.7 Å². The second-order valence-corrected chi connectivity index (χ2v) is 4.18. The van der Waals surface area contributed by atoms with Crippen LogP contribution in [0.1, 0.15) is 24.2 Å². The van der Waals surface area contributed by atoms with Crippen molar-refractivity contribution in [2.75, 3.05) is 11.9 Å². The molecule has 0 saturated heterocycles. The van der Waals surface area contributed by atoms with Crippen molar-refractivity contribution < 1.29 is 4.39 Å². The lowest BCUT2D eigenvalue weighted by molar-refractivity contribution is 0.592. The molecule has 1 atom stereocenters. The lowest BCUT2D eigenvalue weighted by Crippen LogP contribution is -2.22. The zero-order valence-electron chi connectivity index (χ0n) is 10.8. The first-order valence-corrected chi connectivity index (χ1v) is 6.27. The average molecular weight is 260 g/mol. The third-order valence-electron chi connectivity index (χ3n) is 2.95. The predicted octanol–water partition coefficient (Wildman–Crippen LogP) is 2.29. The van der Waals surface area contributed by atoms with Crippen LogP contribution in [-0.2, 0) is 6.42 Å². The van der Waals surface area contributed by atoms with E-state index in [1.54, 1.807) is 0 Å². The Balaban J connectivity index is 2.24. The molecule has 0 bridgehead atoms. The van der Waals surface area contributed by atoms with Gasteiger partial charge < -0.3 is 11.1 Å². The average Bonchev–Trinajstić information content (AvgIpc) is 2.47. The Morgan fingerprint density at radius 3 is 2.63 bits per heavy atom. The molecule has 1 heterocycles. The van der Waals surface area contributed by atoms with Crippen LogP contribution in [0.5, 0.6) is 0 Å². The second-order valence-electron chi connectivity index (χ2n) is 4.18. The van der Waals surface area contributed by atoms with E-state index in [-0.39, 0.29) is 11.9 Å². The summed E-state index contributed by atoms with van der Waals surface area (Å²) in [6.45, 7) is 2.21. The molecule has 3 N–H and O–H groups in total. The third-order valence-corrected chi connectivity index (χ3v) is 2.95. The van der Waals surface area contributed by atoms with Gasteiger partial charge in [0, 0.05) is 6.54 Å². The fourth-order valence-electron chi connectivity index (χ4n) is 1.88. The van der Waals surface area contributed by atoms with Crippen LogP contribution in [0.25, 0.3) is 0 Å². The first-order valence-electron chi connectivity index (χ1n) is 6.27. The minimum atomic E-state index is -0.403. The van der Waals surface area contributed by atoms with Gasteiger partial charge in [-0.3, -0.25) is 0 Å². The summed E-state index contributed by atoms with van der Waals surface area (Å²) >= 11 is 0. The molecule has 0 radical (unpaired) electrons. The van der Waals surface area contributed by atoms with Crippen LogP contribution < -0.4 is 11.1 Å². The van der Waals surface area contributed by atoms with Gasteiger partial charge in [0.15, 0.2) is 11.6 Å². The number of aromatic nitrogens is 2. The van der Waals surface area contributed by atoms with Crippen LogP contribution in [0.4, 0.5) is 10.2 Å². The van der Waals surface area contributed by atoms with Crippen molar-refractivity contribution in [2.45, 2.75) is 19.4 Å². The van der Waals surface area contributed by atoms with Crippen molar-refractivity contribution in [3.05, 3.63) is 53.7 Å². The summed E-state index contributed by atoms with van der Waals surface area (Å²) in [7, 11) is 0. The van der Waals surface area contributed by atoms with Gasteiger partial charge in [0.1, 0.15) is 6.33 Å². The van der Waals surface area contributed by atoms with Crippen LogP contribution >= 0.6 is 0 Å². The maximum Gasteiger partial charge on any atom is 0.186 e. The Bertz CT molecular complexity index is 530. The first-order chi connectivity index (χ1) is 9.26. The topological polar surface area (TPSA) is 63.8 Å². The van der Waals surface area contributed by atoms with E-state index in [1.807, 2.05) is 37.3 Å². The number of aryl methyl sites for hydroxylation is 1. The SMILES string of the molecule is CCc1ncnc(NC(CN)c2ccccc2)c1F. The van der Waals surface area contributed by atoms with E-state index >= 15 is 0 Å². The Morgan fingerprint density at radius 1 is 1.26 bits per heavy atom. The number of hydrogen-bond donors (Lipinski definition) is 2. The Morgan fingerprint density at radius 2 is 2.00 bits per heavy atom. The van der Waals surface area contributed by atoms with Gasteiger partial charge in [-0.05, 0) is 12.0 Å². The highest BCUT2D eigenvalue weighted by atomic mass is 19.1. The van der Waals surface area contributed by atoms with Gasteiger partial charge in [-0.2, -0.15) is 0 Å². The number of nitrogens with zero attached hydrogens (tertiary/aromatic N) is 2. The van der Waals surface area contributed by atoms with Crippen LogP contribution in [0, 0.1) is 5.82 Å². The van der Waals surface area contributed by atoms with Crippen molar-refractivity contribution >= 4 is 5.82 Å². The number of nitrogens with one attached hydrogen (secondary N) is 1. The number of rotatable bonds is 5. The molecule has 1 aromatic carbocycles. The fourth-order valence-corrected chi connectivity index (χ4v) is 1.88. The summed E-state index contributed by atoms with van der Waals surface area (Å²) in [5.41, 5.74) is 7.15. The minimum absolute atomic E-state index is 0.171. The highest BCUT2D eigenvalue weighted by Gasteiger charge is 2.14. The van der Waals surface area contributed by atoms with Crippen molar-refractivity contribution in [3.63, 3.8) is 0 Å². The normalized spacial score (nSPS) is 12.2. The van der Waals surface area contributed by atoms with Crippen LogP contribution in [-0.4, -0.2) is 16.5 Å². The van der Waals surface area contributed by atoms with Crippen LogP contribution in [0.15, 0.2) is 36.7 Å². The summed E-state index contributed by atoms with van der Waals surface area (Å²) in [6, 6.07) is 9.50. The summed E-state index contributed by atoms with van der Waals surface area (Å²) in [4.78, 5) is 7.85. The van der Waals surface area contributed by atoms with E-state index in [0.717, 1.165) is 5.56 Å². The number of halogens is 1. The fraction of sp³-hybridized carbons (Fsp3) is 0.286. The highest BCUT2D eigenvalue weighted by Crippen LogP contribution is 2.20. The molecule has 4 nitrogen and oxygen atoms in total. The van der Waals surface area contributed by atoms with Crippen molar-refractivity contribution in [1.82, 2.24) is 9.97 Å². The first kappa shape index (κ1) is 13.4. The summed E-state index contributed by atoms with van der Waals surface area (Å²) in [5, 5.41) is 3.04. The largest absolute Gasteiger partial charge is 0.359 e. The summed E-state index contributed by atoms with van der Waals surface area (Å²) in [6.07, 6.45) is 1.89. The Hall–Kier alpha value is -2.01. The van der Waals surface area contributed by atoms with Crippen LogP contribution in [0.2, 0.25) is 0 Å². The molecule has 0 fully saturated rings. The zero-order chi connectivity index (χ0) is 13.7. The summed E-state index contributed by atoms with van der Waals surface area (Å²) < 4.78 is 14.1. The molecule has 2 rings (SSSR count). The molecule has 0 saturated carbocycles.